The molecule has 0 atom stereocenters. The molecule has 27 heavy (non-hydrogen) atoms. The van der Waals surface area contributed by atoms with E-state index >= 15 is 0 Å². The van der Waals surface area contributed by atoms with E-state index in [4.69, 9.17) is 4.52 Å². The van der Waals surface area contributed by atoms with Gasteiger partial charge >= 0.3 is 6.18 Å². The fourth-order valence-corrected chi connectivity index (χ4v) is 2.65. The second kappa shape index (κ2) is 8.07. The first-order chi connectivity index (χ1) is 12.8. The third kappa shape index (κ3) is 5.28. The molecule has 0 fully saturated rings. The van der Waals surface area contributed by atoms with Crippen LogP contribution in [0, 0.1) is 3.57 Å². The highest BCUT2D eigenvalue weighted by molar-refractivity contribution is 14.1. The number of carbonyl (C=O) groups excluding carboxylic acids is 1. The lowest BCUT2D eigenvalue weighted by Gasteiger charge is -2.09. The van der Waals surface area contributed by atoms with Crippen LogP contribution in [-0.2, 0) is 17.4 Å². The Morgan fingerprint density at radius 1 is 1.15 bits per heavy atom. The van der Waals surface area contributed by atoms with E-state index < -0.39 is 17.6 Å². The highest BCUT2D eigenvalue weighted by Gasteiger charge is 2.30. The number of alkyl halides is 3. The quantitative estimate of drug-likeness (QED) is 0.519. The first kappa shape index (κ1) is 19.3. The van der Waals surface area contributed by atoms with Crippen LogP contribution >= 0.6 is 22.6 Å². The summed E-state index contributed by atoms with van der Waals surface area (Å²) in [5, 5.41) is 6.31. The van der Waals surface area contributed by atoms with E-state index in [1.807, 2.05) is 24.3 Å². The number of aromatic nitrogens is 2. The van der Waals surface area contributed by atoms with Crippen molar-refractivity contribution in [3.63, 3.8) is 0 Å². The summed E-state index contributed by atoms with van der Waals surface area (Å²) in [5.74, 6) is 0.255. The van der Waals surface area contributed by atoms with Crippen LogP contribution in [0.15, 0.2) is 53.1 Å². The van der Waals surface area contributed by atoms with Gasteiger partial charge in [0.05, 0.1) is 5.56 Å². The van der Waals surface area contributed by atoms with Gasteiger partial charge in [0.2, 0.25) is 17.6 Å². The molecule has 0 saturated heterocycles. The van der Waals surface area contributed by atoms with E-state index in [0.717, 1.165) is 21.3 Å². The molecule has 2 aromatic carbocycles. The Hall–Kier alpha value is -2.43. The Morgan fingerprint density at radius 3 is 2.59 bits per heavy atom. The van der Waals surface area contributed by atoms with E-state index in [-0.39, 0.29) is 24.4 Å². The van der Waals surface area contributed by atoms with E-state index in [9.17, 15) is 18.0 Å². The molecule has 0 aliphatic carbocycles. The van der Waals surface area contributed by atoms with Crippen LogP contribution in [0.1, 0.15) is 17.9 Å². The van der Waals surface area contributed by atoms with Crippen LogP contribution in [0.5, 0.6) is 0 Å². The van der Waals surface area contributed by atoms with Gasteiger partial charge in [-0.15, -0.1) is 0 Å². The molecule has 1 heterocycles. The van der Waals surface area contributed by atoms with Gasteiger partial charge in [-0.2, -0.15) is 18.2 Å². The first-order valence-electron chi connectivity index (χ1n) is 7.87. The molecule has 0 radical (unpaired) electrons. The maximum absolute atomic E-state index is 12.7. The van der Waals surface area contributed by atoms with E-state index in [2.05, 4.69) is 38.0 Å². The molecule has 0 saturated carbocycles. The summed E-state index contributed by atoms with van der Waals surface area (Å²) in [7, 11) is 0. The zero-order chi connectivity index (χ0) is 19.4. The number of nitrogens with zero attached hydrogens (tertiary/aromatic N) is 2. The standard InChI is InChI=1S/C18H13F3IN3O2/c19-18(20,21)12-2-1-3-14(10-12)23-15(26)8-9-16-24-17(25-27-16)11-4-6-13(22)7-5-11/h1-7,10H,8-9H2,(H,23,26). The molecule has 0 bridgehead atoms. The number of anilines is 1. The third-order valence-electron chi connectivity index (χ3n) is 3.61. The van der Waals surface area contributed by atoms with Gasteiger partial charge in [-0.05, 0) is 52.9 Å². The van der Waals surface area contributed by atoms with Crippen molar-refractivity contribution in [2.24, 2.45) is 0 Å². The second-order valence-electron chi connectivity index (χ2n) is 5.65. The van der Waals surface area contributed by atoms with Crippen LogP contribution in [-0.4, -0.2) is 16.0 Å². The summed E-state index contributed by atoms with van der Waals surface area (Å²) in [4.78, 5) is 16.2. The molecule has 1 aromatic heterocycles. The Bertz CT molecular complexity index is 940. The van der Waals surface area contributed by atoms with Gasteiger partial charge in [-0.25, -0.2) is 0 Å². The molecule has 0 aliphatic rings. The van der Waals surface area contributed by atoms with Crippen LogP contribution in [0.4, 0.5) is 18.9 Å². The van der Waals surface area contributed by atoms with Gasteiger partial charge < -0.3 is 9.84 Å². The van der Waals surface area contributed by atoms with Crippen LogP contribution in [0.2, 0.25) is 0 Å². The van der Waals surface area contributed by atoms with E-state index in [0.29, 0.717) is 5.82 Å². The molecule has 1 N–H and O–H groups in total. The molecule has 1 amide bonds. The highest BCUT2D eigenvalue weighted by Crippen LogP contribution is 2.30. The smallest absolute Gasteiger partial charge is 0.339 e. The van der Waals surface area contributed by atoms with Crippen molar-refractivity contribution in [1.29, 1.82) is 0 Å². The van der Waals surface area contributed by atoms with Gasteiger partial charge in [0.25, 0.3) is 0 Å². The van der Waals surface area contributed by atoms with Crippen molar-refractivity contribution >= 4 is 34.2 Å². The average molecular weight is 487 g/mol. The van der Waals surface area contributed by atoms with Crippen LogP contribution in [0.25, 0.3) is 11.4 Å². The minimum absolute atomic E-state index is 0.00453. The number of halogens is 4. The summed E-state index contributed by atoms with van der Waals surface area (Å²) in [5.41, 5.74) is 0.0538. The summed E-state index contributed by atoms with van der Waals surface area (Å²) >= 11 is 2.19. The Morgan fingerprint density at radius 2 is 1.89 bits per heavy atom. The number of hydrogen-bond donors (Lipinski definition) is 1. The average Bonchev–Trinajstić information content (AvgIpc) is 3.09. The molecular weight excluding hydrogens is 474 g/mol. The molecular formula is C18H13F3IN3O2. The van der Waals surface area contributed by atoms with Crippen LogP contribution in [0.3, 0.4) is 0 Å². The minimum Gasteiger partial charge on any atom is -0.339 e. The molecule has 140 valence electrons. The summed E-state index contributed by atoms with van der Waals surface area (Å²) in [6.45, 7) is 0. The fraction of sp³-hybridized carbons (Fsp3) is 0.167. The molecule has 0 unspecified atom stereocenters. The predicted molar refractivity (Wildman–Crippen MR) is 101 cm³/mol. The van der Waals surface area contributed by atoms with Gasteiger partial charge in [0, 0.05) is 27.7 Å². The minimum atomic E-state index is -4.46. The summed E-state index contributed by atoms with van der Waals surface area (Å²) < 4.78 is 44.3. The molecule has 5 nitrogen and oxygen atoms in total. The Kier molecular flexibility index (Phi) is 5.78. The second-order valence-corrected chi connectivity index (χ2v) is 6.89. The molecule has 0 aliphatic heterocycles. The first-order valence-corrected chi connectivity index (χ1v) is 8.95. The van der Waals surface area contributed by atoms with Crippen LogP contribution < -0.4 is 5.32 Å². The maximum atomic E-state index is 12.7. The molecule has 0 spiro atoms. The molecule has 3 aromatic rings. The van der Waals surface area contributed by atoms with E-state index in [1.54, 1.807) is 0 Å². The summed E-state index contributed by atoms with van der Waals surface area (Å²) in [6.07, 6.45) is -4.27. The molecule has 9 heteroatoms. The monoisotopic (exact) mass is 487 g/mol. The van der Waals surface area contributed by atoms with Crippen molar-refractivity contribution in [3.8, 4) is 11.4 Å². The Labute approximate surface area is 166 Å². The zero-order valence-electron chi connectivity index (χ0n) is 13.8. The number of hydrogen-bond acceptors (Lipinski definition) is 4. The SMILES string of the molecule is O=C(CCc1nc(-c2ccc(I)cc2)no1)Nc1cccc(C(F)(F)F)c1. The fourth-order valence-electron chi connectivity index (χ4n) is 2.29. The number of rotatable bonds is 5. The number of aryl methyl sites for hydroxylation is 1. The lowest BCUT2D eigenvalue weighted by atomic mass is 10.2. The lowest BCUT2D eigenvalue weighted by molar-refractivity contribution is -0.137. The van der Waals surface area contributed by atoms with Gasteiger partial charge in [-0.1, -0.05) is 23.4 Å². The normalized spacial score (nSPS) is 11.4. The number of carbonyl (C=O) groups is 1. The molecule has 3 rings (SSSR count). The van der Waals surface area contributed by atoms with Crippen molar-refractivity contribution in [2.45, 2.75) is 19.0 Å². The zero-order valence-corrected chi connectivity index (χ0v) is 15.9. The Balaban J connectivity index is 1.58. The van der Waals surface area contributed by atoms with Gasteiger partial charge in [-0.3, -0.25) is 4.79 Å². The lowest BCUT2D eigenvalue weighted by Crippen LogP contribution is -2.13. The van der Waals surface area contributed by atoms with Crippen molar-refractivity contribution in [3.05, 3.63) is 63.6 Å². The van der Waals surface area contributed by atoms with Crippen molar-refractivity contribution < 1.29 is 22.5 Å². The van der Waals surface area contributed by atoms with Gasteiger partial charge in [0.15, 0.2) is 0 Å². The largest absolute Gasteiger partial charge is 0.416 e. The van der Waals surface area contributed by atoms with Gasteiger partial charge in [0.1, 0.15) is 0 Å². The predicted octanol–water partition coefficient (Wildman–Crippen LogP) is 4.93. The number of benzene rings is 2. The highest BCUT2D eigenvalue weighted by atomic mass is 127. The number of nitrogens with one attached hydrogen (secondary N) is 1. The van der Waals surface area contributed by atoms with Crippen molar-refractivity contribution in [1.82, 2.24) is 10.1 Å². The topological polar surface area (TPSA) is 68.0 Å². The summed E-state index contributed by atoms with van der Waals surface area (Å²) in [6, 6.07) is 12.0. The van der Waals surface area contributed by atoms with Crippen molar-refractivity contribution in [2.75, 3.05) is 5.32 Å². The third-order valence-corrected chi connectivity index (χ3v) is 4.33. The van der Waals surface area contributed by atoms with E-state index in [1.165, 1.54) is 12.1 Å². The maximum Gasteiger partial charge on any atom is 0.416 e. The number of amides is 1.